The Labute approximate surface area is 54.0 Å². The van der Waals surface area contributed by atoms with Crippen LogP contribution in [-0.4, -0.2) is 12.3 Å². The highest BCUT2D eigenvalue weighted by Gasteiger charge is 2.04. The summed E-state index contributed by atoms with van der Waals surface area (Å²) in [4.78, 5) is 10.4. The van der Waals surface area contributed by atoms with Crippen molar-refractivity contribution >= 4 is 5.97 Å². The van der Waals surface area contributed by atoms with Crippen LogP contribution in [0.25, 0.3) is 0 Å². The summed E-state index contributed by atoms with van der Waals surface area (Å²) in [5.41, 5.74) is 0. The van der Waals surface area contributed by atoms with E-state index in [-0.39, 0.29) is 0 Å². The highest BCUT2D eigenvalue weighted by atomic mass is 19.1. The molecule has 0 saturated carbocycles. The Hall–Kier alpha value is -0.600. The molecule has 0 rings (SSSR count). The van der Waals surface area contributed by atoms with Gasteiger partial charge in [0, 0.05) is 13.3 Å². The number of alkyl halides is 1. The van der Waals surface area contributed by atoms with Gasteiger partial charge in [-0.1, -0.05) is 6.92 Å². The minimum absolute atomic E-state index is 0.300. The third kappa shape index (κ3) is 5.27. The highest BCUT2D eigenvalue weighted by Crippen LogP contribution is 1.96. The third-order valence-electron chi connectivity index (χ3n) is 0.748. The van der Waals surface area contributed by atoms with Crippen molar-refractivity contribution in [2.75, 3.05) is 0 Å². The van der Waals surface area contributed by atoms with Crippen molar-refractivity contribution in [3.63, 3.8) is 0 Å². The number of hydrogen-bond acceptors (Lipinski definition) is 2. The molecule has 0 radical (unpaired) electrons. The summed E-state index contributed by atoms with van der Waals surface area (Å²) >= 11 is 0. The van der Waals surface area contributed by atoms with E-state index in [1.807, 2.05) is 6.92 Å². The minimum Gasteiger partial charge on any atom is -0.431 e. The van der Waals surface area contributed by atoms with Gasteiger partial charge in [-0.3, -0.25) is 4.79 Å². The molecule has 54 valence electrons. The SMILES string of the molecule is CCCC(=O)OC(C)F. The molecule has 0 heterocycles. The average molecular weight is 134 g/mol. The van der Waals surface area contributed by atoms with Crippen LogP contribution in [0.2, 0.25) is 0 Å². The van der Waals surface area contributed by atoms with E-state index in [0.717, 1.165) is 0 Å². The average Bonchev–Trinajstić information content (AvgIpc) is 1.63. The summed E-state index contributed by atoms with van der Waals surface area (Å²) in [6.45, 7) is 3.03. The number of ether oxygens (including phenoxy) is 1. The molecule has 2 nitrogen and oxygen atoms in total. The molecular formula is C6H11FO2. The Balaban J connectivity index is 3.27. The summed E-state index contributed by atoms with van der Waals surface area (Å²) in [6.07, 6.45) is -0.469. The highest BCUT2D eigenvalue weighted by molar-refractivity contribution is 5.69. The number of rotatable bonds is 3. The van der Waals surface area contributed by atoms with Crippen LogP contribution in [-0.2, 0) is 9.53 Å². The number of carbonyl (C=O) groups is 1. The van der Waals surface area contributed by atoms with Crippen LogP contribution >= 0.6 is 0 Å². The molecule has 1 unspecified atom stereocenters. The molecule has 0 amide bonds. The van der Waals surface area contributed by atoms with Crippen molar-refractivity contribution in [3.8, 4) is 0 Å². The first-order chi connectivity index (χ1) is 4.16. The Bertz CT molecular complexity index is 91.1. The summed E-state index contributed by atoms with van der Waals surface area (Å²) in [6, 6.07) is 0. The van der Waals surface area contributed by atoms with E-state index in [0.29, 0.717) is 12.8 Å². The van der Waals surface area contributed by atoms with Crippen molar-refractivity contribution in [2.45, 2.75) is 33.0 Å². The zero-order chi connectivity index (χ0) is 7.28. The normalized spacial score (nSPS) is 12.8. The van der Waals surface area contributed by atoms with Gasteiger partial charge in [-0.2, -0.15) is 0 Å². The summed E-state index contributed by atoms with van der Waals surface area (Å²) < 4.78 is 16.0. The van der Waals surface area contributed by atoms with Crippen LogP contribution in [0, 0.1) is 0 Å². The largest absolute Gasteiger partial charge is 0.431 e. The fourth-order valence-electron chi connectivity index (χ4n) is 0.444. The van der Waals surface area contributed by atoms with Crippen LogP contribution in [0.4, 0.5) is 4.39 Å². The second kappa shape index (κ2) is 4.30. The maximum absolute atomic E-state index is 11.8. The standard InChI is InChI=1S/C6H11FO2/c1-3-4-6(8)9-5(2)7/h5H,3-4H2,1-2H3. The van der Waals surface area contributed by atoms with Crippen LogP contribution < -0.4 is 0 Å². The van der Waals surface area contributed by atoms with Crippen molar-refractivity contribution in [1.29, 1.82) is 0 Å². The summed E-state index contributed by atoms with van der Waals surface area (Å²) in [5.74, 6) is -0.465. The monoisotopic (exact) mass is 134 g/mol. The summed E-state index contributed by atoms with van der Waals surface area (Å²) in [5, 5.41) is 0. The lowest BCUT2D eigenvalue weighted by molar-refractivity contribution is -0.155. The van der Waals surface area contributed by atoms with Gasteiger partial charge >= 0.3 is 5.97 Å². The Morgan fingerprint density at radius 2 is 2.33 bits per heavy atom. The van der Waals surface area contributed by atoms with Crippen molar-refractivity contribution in [2.24, 2.45) is 0 Å². The molecule has 0 saturated heterocycles. The predicted octanol–water partition coefficient (Wildman–Crippen LogP) is 1.65. The van der Waals surface area contributed by atoms with Crippen LogP contribution in [0.3, 0.4) is 0 Å². The van der Waals surface area contributed by atoms with Crippen LogP contribution in [0.5, 0.6) is 0 Å². The third-order valence-corrected chi connectivity index (χ3v) is 0.748. The molecule has 0 aromatic carbocycles. The molecule has 1 atom stereocenters. The molecule has 0 spiro atoms. The molecular weight excluding hydrogens is 123 g/mol. The summed E-state index contributed by atoms with van der Waals surface area (Å²) in [7, 11) is 0. The van der Waals surface area contributed by atoms with Crippen LogP contribution in [0.15, 0.2) is 0 Å². The number of esters is 1. The lowest BCUT2D eigenvalue weighted by Gasteiger charge is -2.02. The zero-order valence-electron chi connectivity index (χ0n) is 5.69. The zero-order valence-corrected chi connectivity index (χ0v) is 5.69. The molecule has 0 bridgehead atoms. The number of hydrogen-bond donors (Lipinski definition) is 0. The van der Waals surface area contributed by atoms with Crippen molar-refractivity contribution in [3.05, 3.63) is 0 Å². The first-order valence-corrected chi connectivity index (χ1v) is 3.00. The van der Waals surface area contributed by atoms with E-state index in [9.17, 15) is 9.18 Å². The van der Waals surface area contributed by atoms with Crippen LogP contribution in [0.1, 0.15) is 26.7 Å². The predicted molar refractivity (Wildman–Crippen MR) is 31.6 cm³/mol. The van der Waals surface area contributed by atoms with Gasteiger partial charge in [-0.15, -0.1) is 0 Å². The second-order valence-corrected chi connectivity index (χ2v) is 1.78. The van der Waals surface area contributed by atoms with Crippen molar-refractivity contribution < 1.29 is 13.9 Å². The first kappa shape index (κ1) is 8.40. The fraction of sp³-hybridized carbons (Fsp3) is 0.833. The smallest absolute Gasteiger partial charge is 0.308 e. The van der Waals surface area contributed by atoms with Gasteiger partial charge in [0.1, 0.15) is 0 Å². The van der Waals surface area contributed by atoms with Gasteiger partial charge in [0.2, 0.25) is 6.36 Å². The van der Waals surface area contributed by atoms with Crippen molar-refractivity contribution in [1.82, 2.24) is 0 Å². The van der Waals surface area contributed by atoms with E-state index in [4.69, 9.17) is 0 Å². The van der Waals surface area contributed by atoms with Gasteiger partial charge < -0.3 is 4.74 Å². The molecule has 0 aromatic rings. The van der Waals surface area contributed by atoms with E-state index in [1.165, 1.54) is 6.92 Å². The molecule has 3 heteroatoms. The first-order valence-electron chi connectivity index (χ1n) is 3.00. The lowest BCUT2D eigenvalue weighted by atomic mass is 10.3. The van der Waals surface area contributed by atoms with Gasteiger partial charge in [-0.25, -0.2) is 4.39 Å². The molecule has 0 aliphatic heterocycles. The minimum atomic E-state index is -1.47. The molecule has 0 N–H and O–H groups in total. The van der Waals surface area contributed by atoms with Gasteiger partial charge in [0.05, 0.1) is 0 Å². The molecule has 0 aliphatic carbocycles. The maximum atomic E-state index is 11.8. The Kier molecular flexibility index (Phi) is 4.01. The topological polar surface area (TPSA) is 26.3 Å². The lowest BCUT2D eigenvalue weighted by Crippen LogP contribution is -2.09. The number of halogens is 1. The van der Waals surface area contributed by atoms with E-state index < -0.39 is 12.3 Å². The van der Waals surface area contributed by atoms with Gasteiger partial charge in [0.25, 0.3) is 0 Å². The quantitative estimate of drug-likeness (QED) is 0.548. The van der Waals surface area contributed by atoms with E-state index >= 15 is 0 Å². The maximum Gasteiger partial charge on any atom is 0.308 e. The Morgan fingerprint density at radius 1 is 1.78 bits per heavy atom. The molecule has 0 aromatic heterocycles. The van der Waals surface area contributed by atoms with E-state index in [1.54, 1.807) is 0 Å². The van der Waals surface area contributed by atoms with Gasteiger partial charge in [-0.05, 0) is 6.42 Å². The molecule has 0 fully saturated rings. The molecule has 9 heavy (non-hydrogen) atoms. The number of carbonyl (C=O) groups excluding carboxylic acids is 1. The molecule has 0 aliphatic rings. The fourth-order valence-corrected chi connectivity index (χ4v) is 0.444. The Morgan fingerprint density at radius 3 is 2.67 bits per heavy atom. The second-order valence-electron chi connectivity index (χ2n) is 1.78. The van der Waals surface area contributed by atoms with Gasteiger partial charge in [0.15, 0.2) is 0 Å². The van der Waals surface area contributed by atoms with E-state index in [2.05, 4.69) is 4.74 Å².